The van der Waals surface area contributed by atoms with Crippen molar-refractivity contribution in [2.24, 2.45) is 0 Å². The van der Waals surface area contributed by atoms with E-state index in [0.29, 0.717) is 12.1 Å². The lowest BCUT2D eigenvalue weighted by molar-refractivity contribution is 0.0954. The zero-order valence-electron chi connectivity index (χ0n) is 11.4. The molecule has 0 atom stereocenters. The molecule has 0 spiro atoms. The van der Waals surface area contributed by atoms with Crippen LogP contribution < -0.4 is 5.32 Å². The lowest BCUT2D eigenvalue weighted by atomic mass is 10.1. The number of nitrogens with one attached hydrogen (secondary N) is 2. The van der Waals surface area contributed by atoms with Crippen molar-refractivity contribution in [3.05, 3.63) is 64.6 Å². The van der Waals surface area contributed by atoms with Gasteiger partial charge in [-0.05, 0) is 30.0 Å². The molecule has 0 radical (unpaired) electrons. The van der Waals surface area contributed by atoms with E-state index in [0.717, 1.165) is 17.8 Å². The minimum absolute atomic E-state index is 0.0439. The number of benzene rings is 1. The number of carbonyl (C=O) groups is 1. The third-order valence-electron chi connectivity index (χ3n) is 3.16. The van der Waals surface area contributed by atoms with E-state index in [-0.39, 0.29) is 5.91 Å². The molecule has 3 aromatic rings. The van der Waals surface area contributed by atoms with Crippen molar-refractivity contribution in [1.29, 1.82) is 0 Å². The van der Waals surface area contributed by atoms with Gasteiger partial charge in [-0.25, -0.2) is 4.98 Å². The van der Waals surface area contributed by atoms with Crippen molar-refractivity contribution in [3.63, 3.8) is 0 Å². The maximum Gasteiger partial charge on any atom is 0.251 e. The SMILES string of the molecule is O=C(NCCc1cccs1)c1ccc(-c2ncc[nH]2)cc1. The van der Waals surface area contributed by atoms with E-state index in [9.17, 15) is 4.79 Å². The van der Waals surface area contributed by atoms with E-state index in [4.69, 9.17) is 0 Å². The minimum Gasteiger partial charge on any atom is -0.352 e. The van der Waals surface area contributed by atoms with E-state index < -0.39 is 0 Å². The van der Waals surface area contributed by atoms with E-state index in [2.05, 4.69) is 21.4 Å². The number of H-pyrrole nitrogens is 1. The molecule has 0 unspecified atom stereocenters. The first-order valence-electron chi connectivity index (χ1n) is 6.73. The van der Waals surface area contributed by atoms with E-state index in [1.807, 2.05) is 35.7 Å². The molecule has 1 aromatic carbocycles. The molecule has 0 bridgehead atoms. The zero-order chi connectivity index (χ0) is 14.5. The number of rotatable bonds is 5. The van der Waals surface area contributed by atoms with Gasteiger partial charge in [-0.2, -0.15) is 0 Å². The summed E-state index contributed by atoms with van der Waals surface area (Å²) in [5.41, 5.74) is 1.63. The molecule has 0 saturated heterocycles. The topological polar surface area (TPSA) is 57.8 Å². The summed E-state index contributed by atoms with van der Waals surface area (Å²) in [5, 5.41) is 4.98. The fraction of sp³-hybridized carbons (Fsp3) is 0.125. The van der Waals surface area contributed by atoms with Gasteiger partial charge in [0, 0.05) is 34.9 Å². The second kappa shape index (κ2) is 6.37. The van der Waals surface area contributed by atoms with Gasteiger partial charge in [0.25, 0.3) is 5.91 Å². The standard InChI is InChI=1S/C16H15N3OS/c20-16(19-8-7-14-2-1-11-21-14)13-5-3-12(4-6-13)15-17-9-10-18-15/h1-6,9-11H,7-8H2,(H,17,18)(H,19,20). The highest BCUT2D eigenvalue weighted by molar-refractivity contribution is 7.09. The highest BCUT2D eigenvalue weighted by atomic mass is 32.1. The van der Waals surface area contributed by atoms with Crippen LogP contribution in [0.1, 0.15) is 15.2 Å². The molecule has 0 aliphatic heterocycles. The fourth-order valence-corrected chi connectivity index (χ4v) is 2.77. The summed E-state index contributed by atoms with van der Waals surface area (Å²) in [7, 11) is 0. The third kappa shape index (κ3) is 3.38. The lowest BCUT2D eigenvalue weighted by Crippen LogP contribution is -2.25. The van der Waals surface area contributed by atoms with Gasteiger partial charge in [0.15, 0.2) is 0 Å². The van der Waals surface area contributed by atoms with Crippen LogP contribution in [0.15, 0.2) is 54.2 Å². The Morgan fingerprint density at radius 2 is 2.10 bits per heavy atom. The quantitative estimate of drug-likeness (QED) is 0.760. The van der Waals surface area contributed by atoms with E-state index in [1.54, 1.807) is 23.7 Å². The summed E-state index contributed by atoms with van der Waals surface area (Å²) in [4.78, 5) is 20.5. The number of hydrogen-bond donors (Lipinski definition) is 2. The van der Waals surface area contributed by atoms with Gasteiger partial charge in [-0.15, -0.1) is 11.3 Å². The zero-order valence-corrected chi connectivity index (χ0v) is 12.2. The number of imidazole rings is 1. The van der Waals surface area contributed by atoms with Gasteiger partial charge in [-0.3, -0.25) is 4.79 Å². The van der Waals surface area contributed by atoms with E-state index >= 15 is 0 Å². The molecule has 2 heterocycles. The number of hydrogen-bond acceptors (Lipinski definition) is 3. The van der Waals surface area contributed by atoms with Crippen molar-refractivity contribution in [1.82, 2.24) is 15.3 Å². The van der Waals surface area contributed by atoms with Gasteiger partial charge in [0.2, 0.25) is 0 Å². The maximum atomic E-state index is 12.0. The first kappa shape index (κ1) is 13.6. The Kier molecular flexibility index (Phi) is 4.12. The summed E-state index contributed by atoms with van der Waals surface area (Å²) in [5.74, 6) is 0.761. The second-order valence-electron chi connectivity index (χ2n) is 4.60. The second-order valence-corrected chi connectivity index (χ2v) is 5.63. The Hall–Kier alpha value is -2.40. The number of carbonyl (C=O) groups excluding carboxylic acids is 1. The highest BCUT2D eigenvalue weighted by Gasteiger charge is 2.06. The van der Waals surface area contributed by atoms with Crippen LogP contribution in [0.3, 0.4) is 0 Å². The lowest BCUT2D eigenvalue weighted by Gasteiger charge is -2.05. The van der Waals surface area contributed by atoms with Gasteiger partial charge >= 0.3 is 0 Å². The summed E-state index contributed by atoms with van der Waals surface area (Å²) < 4.78 is 0. The van der Waals surface area contributed by atoms with Crippen LogP contribution in [0.4, 0.5) is 0 Å². The number of aromatic amines is 1. The van der Waals surface area contributed by atoms with Crippen LogP contribution in [0.5, 0.6) is 0 Å². The molecule has 0 aliphatic rings. The molecule has 21 heavy (non-hydrogen) atoms. The van der Waals surface area contributed by atoms with Gasteiger partial charge < -0.3 is 10.3 Å². The molecular formula is C16H15N3OS. The third-order valence-corrected chi connectivity index (χ3v) is 4.09. The maximum absolute atomic E-state index is 12.0. The molecule has 0 saturated carbocycles. The Morgan fingerprint density at radius 1 is 1.24 bits per heavy atom. The van der Waals surface area contributed by atoms with E-state index in [1.165, 1.54) is 4.88 Å². The van der Waals surface area contributed by atoms with Crippen LogP contribution in [0.2, 0.25) is 0 Å². The van der Waals surface area contributed by atoms with Crippen LogP contribution in [0, 0.1) is 0 Å². The van der Waals surface area contributed by atoms with Crippen molar-refractivity contribution in [2.45, 2.75) is 6.42 Å². The number of aromatic nitrogens is 2. The van der Waals surface area contributed by atoms with Gasteiger partial charge in [-0.1, -0.05) is 18.2 Å². The predicted molar refractivity (Wildman–Crippen MR) is 84.4 cm³/mol. The van der Waals surface area contributed by atoms with Crippen molar-refractivity contribution in [3.8, 4) is 11.4 Å². The molecule has 106 valence electrons. The van der Waals surface area contributed by atoms with Crippen LogP contribution >= 0.6 is 11.3 Å². The summed E-state index contributed by atoms with van der Waals surface area (Å²) in [6.45, 7) is 0.652. The first-order valence-corrected chi connectivity index (χ1v) is 7.61. The van der Waals surface area contributed by atoms with Gasteiger partial charge in [0.05, 0.1) is 0 Å². The summed E-state index contributed by atoms with van der Waals surface area (Å²) >= 11 is 1.71. The van der Waals surface area contributed by atoms with Gasteiger partial charge in [0.1, 0.15) is 5.82 Å². The molecule has 0 fully saturated rings. The molecule has 0 aliphatic carbocycles. The Balaban J connectivity index is 1.57. The molecule has 2 N–H and O–H groups in total. The molecule has 5 heteroatoms. The average molecular weight is 297 g/mol. The van der Waals surface area contributed by atoms with Crippen LogP contribution in [-0.4, -0.2) is 22.4 Å². The molecule has 1 amide bonds. The Labute approximate surface area is 126 Å². The van der Waals surface area contributed by atoms with Crippen molar-refractivity contribution >= 4 is 17.2 Å². The average Bonchev–Trinajstić information content (AvgIpc) is 3.21. The normalized spacial score (nSPS) is 10.5. The summed E-state index contributed by atoms with van der Waals surface area (Å²) in [6.07, 6.45) is 4.36. The van der Waals surface area contributed by atoms with Crippen molar-refractivity contribution < 1.29 is 4.79 Å². The fourth-order valence-electron chi connectivity index (χ4n) is 2.06. The summed E-state index contributed by atoms with van der Waals surface area (Å²) in [6, 6.07) is 11.5. The molecular weight excluding hydrogens is 282 g/mol. The Morgan fingerprint density at radius 3 is 2.76 bits per heavy atom. The number of nitrogens with zero attached hydrogens (tertiary/aromatic N) is 1. The van der Waals surface area contributed by atoms with Crippen molar-refractivity contribution in [2.75, 3.05) is 6.54 Å². The largest absolute Gasteiger partial charge is 0.352 e. The smallest absolute Gasteiger partial charge is 0.251 e. The first-order chi connectivity index (χ1) is 10.3. The molecule has 3 rings (SSSR count). The van der Waals surface area contributed by atoms with Crippen LogP contribution in [0.25, 0.3) is 11.4 Å². The molecule has 2 aromatic heterocycles. The molecule has 4 nitrogen and oxygen atoms in total. The number of amides is 1. The predicted octanol–water partition coefficient (Wildman–Crippen LogP) is 3.11. The minimum atomic E-state index is -0.0439. The Bertz CT molecular complexity index is 688. The number of thiophene rings is 1. The van der Waals surface area contributed by atoms with Crippen LogP contribution in [-0.2, 0) is 6.42 Å². The highest BCUT2D eigenvalue weighted by Crippen LogP contribution is 2.15. The monoisotopic (exact) mass is 297 g/mol.